The Hall–Kier alpha value is -2.93. The third-order valence-corrected chi connectivity index (χ3v) is 4.86. The van der Waals surface area contributed by atoms with Gasteiger partial charge in [-0.2, -0.15) is 0 Å². The molecule has 0 bridgehead atoms. The van der Waals surface area contributed by atoms with Crippen LogP contribution in [0.15, 0.2) is 48.8 Å². The molecule has 134 valence electrons. The standard InChI is InChI=1S/C19H21N5O2/c25-18(14-3-5-16(6-4-14)23-11-9-22-19(23)26)24-10-8-21-13-17(24)15-2-1-7-20-12-15/h1-7,12,17,21H,8-11,13H2,(H,22,26). The Kier molecular flexibility index (Phi) is 4.53. The van der Waals surface area contributed by atoms with E-state index in [1.54, 1.807) is 23.2 Å². The van der Waals surface area contributed by atoms with Crippen LogP contribution in [0.4, 0.5) is 10.5 Å². The van der Waals surface area contributed by atoms with Crippen molar-refractivity contribution in [3.05, 3.63) is 59.9 Å². The van der Waals surface area contributed by atoms with Gasteiger partial charge in [-0.25, -0.2) is 4.79 Å². The van der Waals surface area contributed by atoms with Crippen molar-refractivity contribution in [2.45, 2.75) is 6.04 Å². The van der Waals surface area contributed by atoms with Crippen LogP contribution in [0.5, 0.6) is 0 Å². The summed E-state index contributed by atoms with van der Waals surface area (Å²) in [6, 6.07) is 11.0. The zero-order chi connectivity index (χ0) is 17.9. The van der Waals surface area contributed by atoms with Crippen molar-refractivity contribution in [1.29, 1.82) is 0 Å². The third kappa shape index (κ3) is 3.13. The lowest BCUT2D eigenvalue weighted by Crippen LogP contribution is -2.48. The lowest BCUT2D eigenvalue weighted by molar-refractivity contribution is 0.0634. The molecule has 0 aliphatic carbocycles. The van der Waals surface area contributed by atoms with Crippen LogP contribution in [0.2, 0.25) is 0 Å². The topological polar surface area (TPSA) is 77.6 Å². The zero-order valence-corrected chi connectivity index (χ0v) is 14.4. The molecule has 3 heterocycles. The maximum absolute atomic E-state index is 13.1. The first kappa shape index (κ1) is 16.5. The summed E-state index contributed by atoms with van der Waals surface area (Å²) in [5, 5.41) is 6.13. The second-order valence-corrected chi connectivity index (χ2v) is 6.44. The highest BCUT2D eigenvalue weighted by molar-refractivity contribution is 5.97. The summed E-state index contributed by atoms with van der Waals surface area (Å²) in [4.78, 5) is 32.6. The van der Waals surface area contributed by atoms with Crippen molar-refractivity contribution in [1.82, 2.24) is 20.5 Å². The monoisotopic (exact) mass is 351 g/mol. The van der Waals surface area contributed by atoms with Gasteiger partial charge in [-0.3, -0.25) is 14.7 Å². The van der Waals surface area contributed by atoms with Crippen molar-refractivity contribution in [3.63, 3.8) is 0 Å². The Morgan fingerprint density at radius 1 is 1.12 bits per heavy atom. The average Bonchev–Trinajstić information content (AvgIpc) is 3.14. The lowest BCUT2D eigenvalue weighted by atomic mass is 10.0. The molecule has 1 aromatic carbocycles. The van der Waals surface area contributed by atoms with E-state index in [1.165, 1.54) is 0 Å². The summed E-state index contributed by atoms with van der Waals surface area (Å²) in [6.45, 7) is 3.42. The van der Waals surface area contributed by atoms with Gasteiger partial charge < -0.3 is 15.5 Å². The number of aromatic nitrogens is 1. The summed E-state index contributed by atoms with van der Waals surface area (Å²) < 4.78 is 0. The highest BCUT2D eigenvalue weighted by Gasteiger charge is 2.29. The number of pyridine rings is 1. The Bertz CT molecular complexity index is 793. The van der Waals surface area contributed by atoms with Gasteiger partial charge in [0.2, 0.25) is 0 Å². The quantitative estimate of drug-likeness (QED) is 0.876. The fraction of sp³-hybridized carbons (Fsp3) is 0.316. The normalized spacial score (nSPS) is 20.2. The van der Waals surface area contributed by atoms with E-state index >= 15 is 0 Å². The first-order valence-corrected chi connectivity index (χ1v) is 8.81. The number of nitrogens with zero attached hydrogens (tertiary/aromatic N) is 3. The molecule has 2 fully saturated rings. The third-order valence-electron chi connectivity index (χ3n) is 4.86. The van der Waals surface area contributed by atoms with E-state index in [1.807, 2.05) is 35.4 Å². The predicted octanol–water partition coefficient (Wildman–Crippen LogP) is 1.40. The van der Waals surface area contributed by atoms with Gasteiger partial charge in [0.25, 0.3) is 5.91 Å². The molecule has 1 atom stereocenters. The van der Waals surface area contributed by atoms with E-state index in [2.05, 4.69) is 15.6 Å². The van der Waals surface area contributed by atoms with Crippen LogP contribution in [0.1, 0.15) is 22.0 Å². The molecule has 7 heteroatoms. The van der Waals surface area contributed by atoms with E-state index in [4.69, 9.17) is 0 Å². The number of urea groups is 1. The van der Waals surface area contributed by atoms with E-state index < -0.39 is 0 Å². The van der Waals surface area contributed by atoms with Gasteiger partial charge in [0, 0.05) is 56.4 Å². The Labute approximate surface area is 152 Å². The summed E-state index contributed by atoms with van der Waals surface area (Å²) >= 11 is 0. The number of piperazine rings is 1. The minimum atomic E-state index is -0.0946. The Morgan fingerprint density at radius 3 is 2.65 bits per heavy atom. The molecule has 0 saturated carbocycles. The Morgan fingerprint density at radius 2 is 1.96 bits per heavy atom. The molecule has 2 aliphatic heterocycles. The van der Waals surface area contributed by atoms with E-state index in [9.17, 15) is 9.59 Å². The number of hydrogen-bond acceptors (Lipinski definition) is 4. The summed E-state index contributed by atoms with van der Waals surface area (Å²) in [5.41, 5.74) is 2.46. The summed E-state index contributed by atoms with van der Waals surface area (Å²) in [6.07, 6.45) is 3.55. The average molecular weight is 351 g/mol. The molecule has 7 nitrogen and oxygen atoms in total. The van der Waals surface area contributed by atoms with E-state index in [-0.39, 0.29) is 18.0 Å². The van der Waals surface area contributed by atoms with Gasteiger partial charge in [0.05, 0.1) is 6.04 Å². The summed E-state index contributed by atoms with van der Waals surface area (Å²) in [7, 11) is 0. The van der Waals surface area contributed by atoms with Crippen molar-refractivity contribution in [2.75, 3.05) is 37.6 Å². The van der Waals surface area contributed by atoms with Crippen LogP contribution in [-0.2, 0) is 0 Å². The molecular weight excluding hydrogens is 330 g/mol. The molecule has 4 rings (SSSR count). The molecule has 0 radical (unpaired) electrons. The molecule has 2 N–H and O–H groups in total. The van der Waals surface area contributed by atoms with Gasteiger partial charge in [-0.15, -0.1) is 0 Å². The van der Waals surface area contributed by atoms with Gasteiger partial charge in [-0.1, -0.05) is 6.07 Å². The highest BCUT2D eigenvalue weighted by atomic mass is 16.2. The van der Waals surface area contributed by atoms with Crippen LogP contribution in [-0.4, -0.2) is 54.5 Å². The lowest BCUT2D eigenvalue weighted by Gasteiger charge is -2.36. The molecule has 2 aliphatic rings. The van der Waals surface area contributed by atoms with Crippen molar-refractivity contribution >= 4 is 17.6 Å². The van der Waals surface area contributed by atoms with Crippen LogP contribution in [0.25, 0.3) is 0 Å². The second-order valence-electron chi connectivity index (χ2n) is 6.44. The number of benzene rings is 1. The number of hydrogen-bond donors (Lipinski definition) is 2. The summed E-state index contributed by atoms with van der Waals surface area (Å²) in [5.74, 6) is -0.00206. The van der Waals surface area contributed by atoms with Gasteiger partial charge in [0.1, 0.15) is 0 Å². The minimum Gasteiger partial charge on any atom is -0.336 e. The molecule has 3 amide bonds. The van der Waals surface area contributed by atoms with Crippen LogP contribution in [0.3, 0.4) is 0 Å². The fourth-order valence-corrected chi connectivity index (χ4v) is 3.49. The van der Waals surface area contributed by atoms with E-state index in [0.717, 1.165) is 17.8 Å². The molecule has 2 aromatic rings. The largest absolute Gasteiger partial charge is 0.336 e. The number of anilines is 1. The molecule has 0 spiro atoms. The Balaban J connectivity index is 1.55. The number of carbonyl (C=O) groups excluding carboxylic acids is 2. The van der Waals surface area contributed by atoms with Crippen molar-refractivity contribution in [3.8, 4) is 0 Å². The molecule has 1 aromatic heterocycles. The maximum Gasteiger partial charge on any atom is 0.321 e. The second kappa shape index (κ2) is 7.13. The van der Waals surface area contributed by atoms with E-state index in [0.29, 0.717) is 31.7 Å². The van der Waals surface area contributed by atoms with Gasteiger partial charge in [-0.05, 0) is 35.9 Å². The fourth-order valence-electron chi connectivity index (χ4n) is 3.49. The van der Waals surface area contributed by atoms with Gasteiger partial charge >= 0.3 is 6.03 Å². The molecular formula is C19H21N5O2. The van der Waals surface area contributed by atoms with Crippen LogP contribution >= 0.6 is 0 Å². The SMILES string of the molecule is O=C1NCCN1c1ccc(C(=O)N2CCNCC2c2cccnc2)cc1. The van der Waals surface area contributed by atoms with Gasteiger partial charge in [0.15, 0.2) is 0 Å². The van der Waals surface area contributed by atoms with Crippen molar-refractivity contribution in [2.24, 2.45) is 0 Å². The number of nitrogens with one attached hydrogen (secondary N) is 2. The maximum atomic E-state index is 13.1. The molecule has 26 heavy (non-hydrogen) atoms. The predicted molar refractivity (Wildman–Crippen MR) is 98.1 cm³/mol. The molecule has 1 unspecified atom stereocenters. The minimum absolute atomic E-state index is 0.00206. The first-order chi connectivity index (χ1) is 12.7. The van der Waals surface area contributed by atoms with Crippen molar-refractivity contribution < 1.29 is 9.59 Å². The van der Waals surface area contributed by atoms with Crippen LogP contribution < -0.4 is 15.5 Å². The van der Waals surface area contributed by atoms with Crippen LogP contribution in [0, 0.1) is 0 Å². The highest BCUT2D eigenvalue weighted by Crippen LogP contribution is 2.25. The first-order valence-electron chi connectivity index (χ1n) is 8.81. The number of rotatable bonds is 3. The number of amides is 3. The molecule has 2 saturated heterocycles. The smallest absolute Gasteiger partial charge is 0.321 e. The zero-order valence-electron chi connectivity index (χ0n) is 14.4. The number of carbonyl (C=O) groups is 2.